The Hall–Kier alpha value is -2.62. The van der Waals surface area contributed by atoms with Crippen molar-refractivity contribution >= 4 is 16.8 Å². The Balaban J connectivity index is 1.67. The number of para-hydroxylation sites is 1. The fourth-order valence-electron chi connectivity index (χ4n) is 2.51. The van der Waals surface area contributed by atoms with Gasteiger partial charge in [0.1, 0.15) is 6.54 Å². The molecule has 1 aromatic heterocycles. The number of amides is 1. The number of carbonyl (C=O) groups excluding carboxylic acids is 1. The van der Waals surface area contributed by atoms with E-state index in [0.29, 0.717) is 6.54 Å². The van der Waals surface area contributed by atoms with E-state index >= 15 is 0 Å². The third-order valence-corrected chi connectivity index (χ3v) is 3.75. The summed E-state index contributed by atoms with van der Waals surface area (Å²) in [5.74, 6) is -0.0335. The molecule has 3 rings (SSSR count). The zero-order valence-electron chi connectivity index (χ0n) is 12.8. The highest BCUT2D eigenvalue weighted by molar-refractivity contribution is 5.84. The highest BCUT2D eigenvalue weighted by Gasteiger charge is 2.09. The molecule has 0 bridgehead atoms. The van der Waals surface area contributed by atoms with Gasteiger partial charge in [0.05, 0.1) is 11.2 Å². The molecule has 112 valence electrons. The minimum Gasteiger partial charge on any atom is -0.350 e. The Morgan fingerprint density at radius 3 is 2.59 bits per heavy atom. The number of carbonyl (C=O) groups is 1. The molecule has 0 unspecified atom stereocenters. The van der Waals surface area contributed by atoms with Gasteiger partial charge in [0, 0.05) is 11.9 Å². The van der Waals surface area contributed by atoms with Crippen molar-refractivity contribution in [2.24, 2.45) is 0 Å². The molecule has 4 nitrogen and oxygen atoms in total. The van der Waals surface area contributed by atoms with Crippen molar-refractivity contribution < 1.29 is 4.79 Å². The normalized spacial score (nSPS) is 10.8. The summed E-state index contributed by atoms with van der Waals surface area (Å²) in [6.45, 7) is 4.79. The van der Waals surface area contributed by atoms with Crippen molar-refractivity contribution in [2.75, 3.05) is 0 Å². The highest BCUT2D eigenvalue weighted by Crippen LogP contribution is 2.17. The number of nitrogens with one attached hydrogen (secondary N) is 1. The number of rotatable bonds is 4. The van der Waals surface area contributed by atoms with Crippen LogP contribution in [0.4, 0.5) is 0 Å². The number of hydrogen-bond acceptors (Lipinski definition) is 2. The molecule has 0 radical (unpaired) electrons. The fourth-order valence-corrected chi connectivity index (χ4v) is 2.51. The van der Waals surface area contributed by atoms with E-state index in [-0.39, 0.29) is 12.5 Å². The van der Waals surface area contributed by atoms with E-state index < -0.39 is 0 Å². The first-order chi connectivity index (χ1) is 10.6. The zero-order valence-corrected chi connectivity index (χ0v) is 12.8. The fraction of sp³-hybridized carbons (Fsp3) is 0.222. The number of benzene rings is 2. The molecule has 4 heteroatoms. The third-order valence-electron chi connectivity index (χ3n) is 3.75. The second-order valence-corrected chi connectivity index (χ2v) is 5.52. The predicted octanol–water partition coefficient (Wildman–Crippen LogP) is 2.97. The molecule has 1 amide bonds. The Labute approximate surface area is 129 Å². The van der Waals surface area contributed by atoms with Crippen LogP contribution in [0.3, 0.4) is 0 Å². The van der Waals surface area contributed by atoms with Gasteiger partial charge < -0.3 is 5.32 Å². The molecule has 0 saturated heterocycles. The summed E-state index contributed by atoms with van der Waals surface area (Å²) in [5.41, 5.74) is 4.25. The maximum Gasteiger partial charge on any atom is 0.242 e. The van der Waals surface area contributed by atoms with Crippen LogP contribution in [-0.2, 0) is 17.9 Å². The van der Waals surface area contributed by atoms with Crippen molar-refractivity contribution in [1.29, 1.82) is 0 Å². The standard InChI is InChI=1S/C18H19N3O/c1-13-7-9-15(10-8-13)11-19-18(22)12-21-17-6-4-3-5-16(17)14(2)20-21/h3-10H,11-12H2,1-2H3,(H,19,22). The molecule has 0 fully saturated rings. The van der Waals surface area contributed by atoms with Crippen LogP contribution in [0.2, 0.25) is 0 Å². The van der Waals surface area contributed by atoms with Crippen molar-refractivity contribution in [3.8, 4) is 0 Å². The number of hydrogen-bond donors (Lipinski definition) is 1. The van der Waals surface area contributed by atoms with Gasteiger partial charge in [0.25, 0.3) is 0 Å². The monoisotopic (exact) mass is 293 g/mol. The average Bonchev–Trinajstić information content (AvgIpc) is 2.83. The van der Waals surface area contributed by atoms with Crippen LogP contribution in [0.1, 0.15) is 16.8 Å². The van der Waals surface area contributed by atoms with Gasteiger partial charge >= 0.3 is 0 Å². The summed E-state index contributed by atoms with van der Waals surface area (Å²) in [6, 6.07) is 16.1. The lowest BCUT2D eigenvalue weighted by Gasteiger charge is -2.07. The predicted molar refractivity (Wildman–Crippen MR) is 87.5 cm³/mol. The van der Waals surface area contributed by atoms with E-state index in [4.69, 9.17) is 0 Å². The summed E-state index contributed by atoms with van der Waals surface area (Å²) in [7, 11) is 0. The molecule has 2 aromatic carbocycles. The van der Waals surface area contributed by atoms with Crippen LogP contribution in [0.25, 0.3) is 10.9 Å². The van der Waals surface area contributed by atoms with Crippen LogP contribution >= 0.6 is 0 Å². The van der Waals surface area contributed by atoms with E-state index in [2.05, 4.69) is 10.4 Å². The second kappa shape index (κ2) is 6.02. The molecule has 0 saturated carbocycles. The minimum atomic E-state index is -0.0335. The van der Waals surface area contributed by atoms with E-state index in [1.165, 1.54) is 5.56 Å². The van der Waals surface area contributed by atoms with E-state index in [0.717, 1.165) is 22.2 Å². The molecule has 22 heavy (non-hydrogen) atoms. The summed E-state index contributed by atoms with van der Waals surface area (Å²) in [4.78, 5) is 12.1. The molecule has 0 atom stereocenters. The van der Waals surface area contributed by atoms with Gasteiger partial charge in [-0.25, -0.2) is 0 Å². The van der Waals surface area contributed by atoms with E-state index in [1.807, 2.05) is 62.4 Å². The molecule has 0 aliphatic rings. The van der Waals surface area contributed by atoms with Gasteiger partial charge in [0.2, 0.25) is 5.91 Å². The Kier molecular flexibility index (Phi) is 3.92. The van der Waals surface area contributed by atoms with Crippen molar-refractivity contribution in [1.82, 2.24) is 15.1 Å². The highest BCUT2D eigenvalue weighted by atomic mass is 16.2. The number of nitrogens with zero attached hydrogens (tertiary/aromatic N) is 2. The number of aryl methyl sites for hydroxylation is 2. The quantitative estimate of drug-likeness (QED) is 0.804. The van der Waals surface area contributed by atoms with E-state index in [1.54, 1.807) is 4.68 Å². The van der Waals surface area contributed by atoms with Crippen LogP contribution in [-0.4, -0.2) is 15.7 Å². The van der Waals surface area contributed by atoms with Gasteiger partial charge in [-0.15, -0.1) is 0 Å². The van der Waals surface area contributed by atoms with Gasteiger partial charge in [-0.1, -0.05) is 48.0 Å². The lowest BCUT2D eigenvalue weighted by molar-refractivity contribution is -0.121. The first kappa shape index (κ1) is 14.3. The van der Waals surface area contributed by atoms with Crippen molar-refractivity contribution in [3.63, 3.8) is 0 Å². The molecular weight excluding hydrogens is 274 g/mol. The second-order valence-electron chi connectivity index (χ2n) is 5.52. The Morgan fingerprint density at radius 1 is 1.09 bits per heavy atom. The Bertz CT molecular complexity index is 803. The molecular formula is C18H19N3O. The van der Waals surface area contributed by atoms with Crippen LogP contribution in [0.5, 0.6) is 0 Å². The molecule has 0 aliphatic carbocycles. The maximum atomic E-state index is 12.1. The minimum absolute atomic E-state index is 0.0335. The van der Waals surface area contributed by atoms with Crippen LogP contribution in [0.15, 0.2) is 48.5 Å². The zero-order chi connectivity index (χ0) is 15.5. The number of aromatic nitrogens is 2. The Morgan fingerprint density at radius 2 is 1.82 bits per heavy atom. The first-order valence-corrected chi connectivity index (χ1v) is 7.38. The molecule has 1 heterocycles. The van der Waals surface area contributed by atoms with Gasteiger partial charge in [-0.2, -0.15) is 5.10 Å². The van der Waals surface area contributed by atoms with Gasteiger partial charge in [-0.3, -0.25) is 9.48 Å². The van der Waals surface area contributed by atoms with Crippen LogP contribution in [0, 0.1) is 13.8 Å². The largest absolute Gasteiger partial charge is 0.350 e. The molecule has 3 aromatic rings. The molecule has 0 aliphatic heterocycles. The first-order valence-electron chi connectivity index (χ1n) is 7.38. The van der Waals surface area contributed by atoms with Gasteiger partial charge in [0.15, 0.2) is 0 Å². The lowest BCUT2D eigenvalue weighted by atomic mass is 10.1. The van der Waals surface area contributed by atoms with Crippen LogP contribution < -0.4 is 5.32 Å². The van der Waals surface area contributed by atoms with Gasteiger partial charge in [-0.05, 0) is 25.5 Å². The summed E-state index contributed by atoms with van der Waals surface area (Å²) in [6.07, 6.45) is 0. The molecule has 0 spiro atoms. The third kappa shape index (κ3) is 3.01. The topological polar surface area (TPSA) is 46.9 Å². The number of fused-ring (bicyclic) bond motifs is 1. The van der Waals surface area contributed by atoms with Crippen molar-refractivity contribution in [3.05, 3.63) is 65.4 Å². The molecule has 1 N–H and O–H groups in total. The SMILES string of the molecule is Cc1ccc(CNC(=O)Cn2nc(C)c3ccccc32)cc1. The maximum absolute atomic E-state index is 12.1. The summed E-state index contributed by atoms with van der Waals surface area (Å²) in [5, 5.41) is 8.48. The van der Waals surface area contributed by atoms with Crippen molar-refractivity contribution in [2.45, 2.75) is 26.9 Å². The van der Waals surface area contributed by atoms with E-state index in [9.17, 15) is 4.79 Å². The summed E-state index contributed by atoms with van der Waals surface area (Å²) >= 11 is 0. The lowest BCUT2D eigenvalue weighted by Crippen LogP contribution is -2.27. The summed E-state index contributed by atoms with van der Waals surface area (Å²) < 4.78 is 1.76. The smallest absolute Gasteiger partial charge is 0.242 e. The average molecular weight is 293 g/mol.